The number of fused-ring (bicyclic) bond motifs is 2. The molecular formula is C29H32N2O6. The van der Waals surface area contributed by atoms with Crippen LogP contribution in [0.15, 0.2) is 47.0 Å². The largest absolute Gasteiger partial charge is 0.502 e. The summed E-state index contributed by atoms with van der Waals surface area (Å²) in [4.78, 5) is 24.7. The lowest BCUT2D eigenvalue weighted by Gasteiger charge is -2.44. The average molecular weight is 505 g/mol. The highest BCUT2D eigenvalue weighted by atomic mass is 16.7. The first-order chi connectivity index (χ1) is 17.8. The molecule has 2 saturated heterocycles. The van der Waals surface area contributed by atoms with E-state index < -0.39 is 5.41 Å². The third kappa shape index (κ3) is 3.15. The number of rotatable bonds is 5. The molecule has 1 spiro atoms. The van der Waals surface area contributed by atoms with E-state index in [1.165, 1.54) is 26.4 Å². The van der Waals surface area contributed by atoms with Gasteiger partial charge in [0.15, 0.2) is 11.5 Å². The van der Waals surface area contributed by atoms with E-state index >= 15 is 0 Å². The lowest BCUT2D eigenvalue weighted by Crippen LogP contribution is -2.53. The third-order valence-corrected chi connectivity index (χ3v) is 8.90. The molecule has 4 heterocycles. The third-order valence-electron chi connectivity index (χ3n) is 8.90. The topological polar surface area (TPSA) is 89.8 Å². The molecule has 8 nitrogen and oxygen atoms in total. The molecule has 2 aromatic carbocycles. The van der Waals surface area contributed by atoms with Crippen LogP contribution < -0.4 is 14.5 Å². The summed E-state index contributed by atoms with van der Waals surface area (Å²) in [7, 11) is 4.57. The molecule has 2 aromatic rings. The van der Waals surface area contributed by atoms with Crippen molar-refractivity contribution >= 4 is 23.4 Å². The number of para-hydroxylation sites is 1. The second kappa shape index (κ2) is 8.33. The number of hydroxylamine groups is 1. The average Bonchev–Trinajstić information content (AvgIpc) is 3.20. The number of anilines is 1. The van der Waals surface area contributed by atoms with Gasteiger partial charge in [-0.15, -0.1) is 0 Å². The molecule has 1 amide bonds. The minimum Gasteiger partial charge on any atom is -0.502 e. The van der Waals surface area contributed by atoms with Crippen molar-refractivity contribution in [2.75, 3.05) is 33.0 Å². The van der Waals surface area contributed by atoms with E-state index in [1.807, 2.05) is 24.3 Å². The minimum atomic E-state index is -0.811. The van der Waals surface area contributed by atoms with Crippen LogP contribution in [-0.2, 0) is 19.8 Å². The summed E-state index contributed by atoms with van der Waals surface area (Å²) in [6.45, 7) is 4.90. The van der Waals surface area contributed by atoms with Gasteiger partial charge in [-0.05, 0) is 60.7 Å². The summed E-state index contributed by atoms with van der Waals surface area (Å²) < 4.78 is 17.1. The van der Waals surface area contributed by atoms with Gasteiger partial charge in [0.2, 0.25) is 5.75 Å². The molecule has 0 unspecified atom stereocenters. The number of aromatic hydroxyl groups is 1. The predicted molar refractivity (Wildman–Crippen MR) is 139 cm³/mol. The number of phenols is 1. The zero-order chi connectivity index (χ0) is 26.1. The van der Waals surface area contributed by atoms with E-state index in [1.54, 1.807) is 12.1 Å². The van der Waals surface area contributed by atoms with Gasteiger partial charge in [-0.25, -0.2) is 0 Å². The fraction of sp³-hybridized carbons (Fsp3) is 0.448. The van der Waals surface area contributed by atoms with Gasteiger partial charge in [-0.1, -0.05) is 25.1 Å². The van der Waals surface area contributed by atoms with Gasteiger partial charge >= 0.3 is 0 Å². The van der Waals surface area contributed by atoms with E-state index in [4.69, 9.17) is 24.0 Å². The van der Waals surface area contributed by atoms with E-state index in [0.29, 0.717) is 30.9 Å². The maximum atomic E-state index is 13.9. The number of methoxy groups -OCH3 is 2. The van der Waals surface area contributed by atoms with Crippen molar-refractivity contribution < 1.29 is 28.9 Å². The molecule has 1 N–H and O–H groups in total. The Kier molecular flexibility index (Phi) is 5.40. The highest BCUT2D eigenvalue weighted by Crippen LogP contribution is 2.61. The Bertz CT molecular complexity index is 1330. The van der Waals surface area contributed by atoms with Crippen molar-refractivity contribution in [1.29, 1.82) is 0 Å². The summed E-state index contributed by atoms with van der Waals surface area (Å²) in [5.41, 5.74) is 3.66. The maximum absolute atomic E-state index is 13.9. The molecule has 3 fully saturated rings. The normalized spacial score (nSPS) is 32.0. The van der Waals surface area contributed by atoms with Crippen LogP contribution in [0.5, 0.6) is 17.2 Å². The second-order valence-electron chi connectivity index (χ2n) is 10.7. The van der Waals surface area contributed by atoms with Gasteiger partial charge in [0.25, 0.3) is 5.91 Å². The molecule has 5 atom stereocenters. The van der Waals surface area contributed by atoms with E-state index in [2.05, 4.69) is 19.9 Å². The molecule has 0 radical (unpaired) electrons. The smallest absolute Gasteiger partial charge is 0.264 e. The number of hydrogen-bond acceptors (Lipinski definition) is 7. The van der Waals surface area contributed by atoms with E-state index in [0.717, 1.165) is 28.1 Å². The molecular weight excluding hydrogens is 472 g/mol. The Balaban J connectivity index is 1.42. The van der Waals surface area contributed by atoms with Crippen LogP contribution in [-0.4, -0.2) is 56.8 Å². The highest BCUT2D eigenvalue weighted by Gasteiger charge is 2.67. The van der Waals surface area contributed by atoms with Gasteiger partial charge in [0.05, 0.1) is 45.8 Å². The molecule has 194 valence electrons. The van der Waals surface area contributed by atoms with Crippen LogP contribution >= 0.6 is 0 Å². The van der Waals surface area contributed by atoms with Crippen molar-refractivity contribution in [2.45, 2.75) is 44.2 Å². The Morgan fingerprint density at radius 2 is 1.86 bits per heavy atom. The fourth-order valence-electron chi connectivity index (χ4n) is 7.17. The molecule has 1 aliphatic carbocycles. The number of aliphatic imine (C=N–C) groups is 1. The molecule has 5 aliphatic rings. The van der Waals surface area contributed by atoms with Crippen LogP contribution in [0.1, 0.15) is 37.8 Å². The number of hydrogen-bond donors (Lipinski definition) is 1. The lowest BCUT2D eigenvalue weighted by atomic mass is 9.66. The molecule has 4 aliphatic heterocycles. The van der Waals surface area contributed by atoms with E-state index in [9.17, 15) is 9.90 Å². The SMILES string of the molecule is COc1cc(/C=C(\C)C2=N[C@H]3C[C@@]4(C(=O)N(OC)c5ccccc54)[C@H]4C[C@@]2(C)[C@@H]3CO4)cc(OC)c1O. The molecule has 37 heavy (non-hydrogen) atoms. The minimum absolute atomic E-state index is 0.0244. The van der Waals surface area contributed by atoms with Crippen LogP contribution in [0.2, 0.25) is 0 Å². The Morgan fingerprint density at radius 1 is 1.16 bits per heavy atom. The first-order valence-electron chi connectivity index (χ1n) is 12.6. The van der Waals surface area contributed by atoms with Crippen LogP contribution in [0, 0.1) is 11.3 Å². The van der Waals surface area contributed by atoms with Gasteiger partial charge in [-0.2, -0.15) is 5.06 Å². The number of allylic oxidation sites excluding steroid dienone is 1. The molecule has 7 rings (SSSR count). The quantitative estimate of drug-likeness (QED) is 0.653. The fourth-order valence-corrected chi connectivity index (χ4v) is 7.17. The molecule has 8 heteroatoms. The van der Waals surface area contributed by atoms with Crippen LogP contribution in [0.3, 0.4) is 0 Å². The first-order valence-corrected chi connectivity index (χ1v) is 12.6. The van der Waals surface area contributed by atoms with Crippen molar-refractivity contribution in [3.05, 3.63) is 53.1 Å². The number of carbonyl (C=O) groups is 1. The highest BCUT2D eigenvalue weighted by molar-refractivity contribution is 6.10. The van der Waals surface area contributed by atoms with Crippen molar-refractivity contribution in [1.82, 2.24) is 0 Å². The zero-order valence-electron chi connectivity index (χ0n) is 21.8. The van der Waals surface area contributed by atoms with Gasteiger partial charge in [-0.3, -0.25) is 14.6 Å². The Hall–Kier alpha value is -3.36. The van der Waals surface area contributed by atoms with Gasteiger partial charge in [0.1, 0.15) is 5.41 Å². The second-order valence-corrected chi connectivity index (χ2v) is 10.7. The number of benzene rings is 2. The summed E-state index contributed by atoms with van der Waals surface area (Å²) in [6, 6.07) is 11.4. The predicted octanol–water partition coefficient (Wildman–Crippen LogP) is 4.30. The van der Waals surface area contributed by atoms with E-state index in [-0.39, 0.29) is 35.1 Å². The first kappa shape index (κ1) is 24.0. The summed E-state index contributed by atoms with van der Waals surface area (Å²) in [5, 5.41) is 11.7. The van der Waals surface area contributed by atoms with Crippen molar-refractivity contribution in [3.8, 4) is 17.2 Å². The molecule has 0 aromatic heterocycles. The van der Waals surface area contributed by atoms with Crippen LogP contribution in [0.25, 0.3) is 6.08 Å². The number of nitrogens with zero attached hydrogens (tertiary/aromatic N) is 2. The van der Waals surface area contributed by atoms with Crippen molar-refractivity contribution in [3.63, 3.8) is 0 Å². The number of ether oxygens (including phenoxy) is 3. The van der Waals surface area contributed by atoms with Gasteiger partial charge in [0, 0.05) is 17.0 Å². The van der Waals surface area contributed by atoms with Gasteiger partial charge < -0.3 is 19.3 Å². The van der Waals surface area contributed by atoms with Crippen molar-refractivity contribution in [2.24, 2.45) is 16.3 Å². The molecule has 1 saturated carbocycles. The summed E-state index contributed by atoms with van der Waals surface area (Å²) in [6.07, 6.45) is 3.06. The number of carbonyl (C=O) groups excluding carboxylic acids is 1. The summed E-state index contributed by atoms with van der Waals surface area (Å²) in [5.74, 6) is 0.795. The zero-order valence-corrected chi connectivity index (χ0v) is 21.8. The number of amides is 1. The standard InChI is InChI=1S/C29H32N2O6/c1-16(10-17-11-22(34-3)25(32)23(12-17)35-4)26-28(2)14-24-29(13-20(30-26)19(28)15-37-24)18-8-6-7-9-21(18)31(36-5)27(29)33/h6-12,19-20,24,32H,13-15H2,1-5H3/b16-10+/t19-,20+,24-,28+,29+/m1/s1. The maximum Gasteiger partial charge on any atom is 0.264 e. The number of phenolic OH excluding ortho intramolecular Hbond substituents is 1. The monoisotopic (exact) mass is 504 g/mol. The summed E-state index contributed by atoms with van der Waals surface area (Å²) >= 11 is 0. The Morgan fingerprint density at radius 3 is 2.54 bits per heavy atom. The Labute approximate surface area is 216 Å². The lowest BCUT2D eigenvalue weighted by molar-refractivity contribution is -0.138. The van der Waals surface area contributed by atoms with Crippen LogP contribution in [0.4, 0.5) is 5.69 Å². The molecule has 4 bridgehead atoms.